The summed E-state index contributed by atoms with van der Waals surface area (Å²) in [6, 6.07) is -0.423. The molecule has 0 saturated carbocycles. The first kappa shape index (κ1) is 14.3. The van der Waals surface area contributed by atoms with Gasteiger partial charge in [0.15, 0.2) is 5.69 Å². The summed E-state index contributed by atoms with van der Waals surface area (Å²) in [6.07, 6.45) is 2.23. The summed E-state index contributed by atoms with van der Waals surface area (Å²) in [6.45, 7) is 9.12. The van der Waals surface area contributed by atoms with Crippen LogP contribution in [0.3, 0.4) is 0 Å². The van der Waals surface area contributed by atoms with Gasteiger partial charge in [0.1, 0.15) is 17.9 Å². The SMILES string of the molecule is CC(C)[C@@H](C=O)n1cc(C(=O)OC(C)(C)C)nn1. The maximum atomic E-state index is 11.7. The molecule has 0 saturated heterocycles. The third-order valence-corrected chi connectivity index (χ3v) is 2.25. The lowest BCUT2D eigenvalue weighted by Crippen LogP contribution is -2.24. The summed E-state index contributed by atoms with van der Waals surface area (Å²) in [4.78, 5) is 22.7. The van der Waals surface area contributed by atoms with E-state index in [-0.39, 0.29) is 11.6 Å². The molecule has 1 heterocycles. The fourth-order valence-electron chi connectivity index (χ4n) is 1.37. The summed E-state index contributed by atoms with van der Waals surface area (Å²) in [5.74, 6) is -0.460. The van der Waals surface area contributed by atoms with Crippen LogP contribution < -0.4 is 0 Å². The third kappa shape index (κ3) is 3.65. The van der Waals surface area contributed by atoms with Gasteiger partial charge in [-0.25, -0.2) is 9.48 Å². The summed E-state index contributed by atoms with van der Waals surface area (Å²) in [7, 11) is 0. The highest BCUT2D eigenvalue weighted by atomic mass is 16.6. The Kier molecular flexibility index (Phi) is 4.21. The molecule has 18 heavy (non-hydrogen) atoms. The minimum Gasteiger partial charge on any atom is -0.455 e. The number of hydrogen-bond acceptors (Lipinski definition) is 5. The van der Waals surface area contributed by atoms with Crippen LogP contribution in [-0.2, 0) is 9.53 Å². The first-order valence-corrected chi connectivity index (χ1v) is 5.85. The van der Waals surface area contributed by atoms with Gasteiger partial charge in [0.05, 0.1) is 6.20 Å². The van der Waals surface area contributed by atoms with Crippen LogP contribution in [0.25, 0.3) is 0 Å². The zero-order valence-corrected chi connectivity index (χ0v) is 11.4. The zero-order valence-electron chi connectivity index (χ0n) is 11.4. The summed E-state index contributed by atoms with van der Waals surface area (Å²) in [5.41, 5.74) is -0.472. The highest BCUT2D eigenvalue weighted by Crippen LogP contribution is 2.15. The lowest BCUT2D eigenvalue weighted by Gasteiger charge is -2.18. The molecule has 0 N–H and O–H groups in total. The molecule has 0 unspecified atom stereocenters. The van der Waals surface area contributed by atoms with Crippen molar-refractivity contribution in [2.75, 3.05) is 0 Å². The molecule has 1 rings (SSSR count). The van der Waals surface area contributed by atoms with E-state index in [1.807, 2.05) is 13.8 Å². The minimum atomic E-state index is -0.580. The van der Waals surface area contributed by atoms with E-state index in [1.165, 1.54) is 10.9 Å². The van der Waals surface area contributed by atoms with Crippen LogP contribution >= 0.6 is 0 Å². The van der Waals surface area contributed by atoms with Crippen molar-refractivity contribution >= 4 is 12.3 Å². The Hall–Kier alpha value is -1.72. The van der Waals surface area contributed by atoms with Gasteiger partial charge in [-0.15, -0.1) is 5.10 Å². The Bertz CT molecular complexity index is 432. The second kappa shape index (κ2) is 5.29. The highest BCUT2D eigenvalue weighted by Gasteiger charge is 2.23. The van der Waals surface area contributed by atoms with Crippen molar-refractivity contribution in [1.29, 1.82) is 0 Å². The van der Waals surface area contributed by atoms with Crippen LogP contribution in [0.15, 0.2) is 6.20 Å². The van der Waals surface area contributed by atoms with E-state index in [1.54, 1.807) is 20.8 Å². The van der Waals surface area contributed by atoms with Gasteiger partial charge in [0, 0.05) is 0 Å². The van der Waals surface area contributed by atoms with Crippen LogP contribution in [0.1, 0.15) is 51.1 Å². The topological polar surface area (TPSA) is 74.1 Å². The highest BCUT2D eigenvalue weighted by molar-refractivity contribution is 5.87. The van der Waals surface area contributed by atoms with Crippen molar-refractivity contribution < 1.29 is 14.3 Å². The number of carbonyl (C=O) groups excluding carboxylic acids is 2. The number of rotatable bonds is 4. The number of esters is 1. The van der Waals surface area contributed by atoms with E-state index in [4.69, 9.17) is 4.74 Å². The summed E-state index contributed by atoms with van der Waals surface area (Å²) >= 11 is 0. The van der Waals surface area contributed by atoms with Gasteiger partial charge in [-0.1, -0.05) is 19.1 Å². The van der Waals surface area contributed by atoms with Gasteiger partial charge in [0.25, 0.3) is 0 Å². The van der Waals surface area contributed by atoms with Gasteiger partial charge in [-0.05, 0) is 26.7 Å². The number of aromatic nitrogens is 3. The average molecular weight is 253 g/mol. The van der Waals surface area contributed by atoms with Crippen LogP contribution in [0.5, 0.6) is 0 Å². The molecule has 0 radical (unpaired) electrons. The molecular formula is C12H19N3O3. The molecule has 100 valence electrons. The molecule has 1 atom stereocenters. The quantitative estimate of drug-likeness (QED) is 0.602. The minimum absolute atomic E-state index is 0.0793. The normalized spacial score (nSPS) is 13.4. The first-order valence-electron chi connectivity index (χ1n) is 5.85. The van der Waals surface area contributed by atoms with E-state index in [0.717, 1.165) is 6.29 Å². The van der Waals surface area contributed by atoms with Crippen molar-refractivity contribution in [2.45, 2.75) is 46.3 Å². The van der Waals surface area contributed by atoms with Crippen molar-refractivity contribution in [3.05, 3.63) is 11.9 Å². The Balaban J connectivity index is 2.86. The van der Waals surface area contributed by atoms with Gasteiger partial charge in [0.2, 0.25) is 0 Å². The van der Waals surface area contributed by atoms with E-state index < -0.39 is 17.6 Å². The van der Waals surface area contributed by atoms with Crippen molar-refractivity contribution in [3.63, 3.8) is 0 Å². The number of hydrogen-bond donors (Lipinski definition) is 0. The number of carbonyl (C=O) groups is 2. The molecule has 0 fully saturated rings. The number of aldehydes is 1. The molecule has 0 spiro atoms. The molecule has 0 aliphatic rings. The largest absolute Gasteiger partial charge is 0.455 e. The van der Waals surface area contributed by atoms with E-state index in [0.29, 0.717) is 0 Å². The molecular weight excluding hydrogens is 234 g/mol. The van der Waals surface area contributed by atoms with Crippen molar-refractivity contribution in [1.82, 2.24) is 15.0 Å². The summed E-state index contributed by atoms with van der Waals surface area (Å²) in [5, 5.41) is 7.53. The predicted octanol–water partition coefficient (Wildman–Crippen LogP) is 1.63. The van der Waals surface area contributed by atoms with Crippen molar-refractivity contribution in [2.24, 2.45) is 5.92 Å². The number of nitrogens with zero attached hydrogens (tertiary/aromatic N) is 3. The molecule has 0 aliphatic heterocycles. The molecule has 6 heteroatoms. The Labute approximate surface area is 106 Å². The Morgan fingerprint density at radius 1 is 1.44 bits per heavy atom. The molecule has 0 aliphatic carbocycles. The molecule has 1 aromatic rings. The van der Waals surface area contributed by atoms with E-state index in [2.05, 4.69) is 10.3 Å². The fourth-order valence-corrected chi connectivity index (χ4v) is 1.37. The molecule has 6 nitrogen and oxygen atoms in total. The second-order valence-corrected chi connectivity index (χ2v) is 5.46. The molecule has 0 aromatic carbocycles. The Morgan fingerprint density at radius 3 is 2.50 bits per heavy atom. The van der Waals surface area contributed by atoms with Crippen LogP contribution in [0.4, 0.5) is 0 Å². The van der Waals surface area contributed by atoms with E-state index in [9.17, 15) is 9.59 Å². The monoisotopic (exact) mass is 253 g/mol. The van der Waals surface area contributed by atoms with Crippen LogP contribution in [0.2, 0.25) is 0 Å². The Morgan fingerprint density at radius 2 is 2.06 bits per heavy atom. The van der Waals surface area contributed by atoms with Gasteiger partial charge < -0.3 is 9.53 Å². The zero-order chi connectivity index (χ0) is 13.9. The number of ether oxygens (including phenoxy) is 1. The van der Waals surface area contributed by atoms with Crippen LogP contribution in [-0.4, -0.2) is 32.9 Å². The molecule has 0 bridgehead atoms. The predicted molar refractivity (Wildman–Crippen MR) is 65.1 cm³/mol. The third-order valence-electron chi connectivity index (χ3n) is 2.25. The van der Waals surface area contributed by atoms with Gasteiger partial charge in [-0.3, -0.25) is 0 Å². The maximum Gasteiger partial charge on any atom is 0.361 e. The van der Waals surface area contributed by atoms with Crippen molar-refractivity contribution in [3.8, 4) is 0 Å². The molecule has 0 amide bonds. The first-order chi connectivity index (χ1) is 8.24. The smallest absolute Gasteiger partial charge is 0.361 e. The standard InChI is InChI=1S/C12H19N3O3/c1-8(2)10(7-16)15-6-9(13-14-15)11(17)18-12(3,4)5/h6-8,10H,1-5H3/t10-/m1/s1. The van der Waals surface area contributed by atoms with Crippen LogP contribution in [0, 0.1) is 5.92 Å². The van der Waals surface area contributed by atoms with E-state index >= 15 is 0 Å². The lowest BCUT2D eigenvalue weighted by molar-refractivity contribution is -0.111. The lowest BCUT2D eigenvalue weighted by atomic mass is 10.1. The second-order valence-electron chi connectivity index (χ2n) is 5.46. The van der Waals surface area contributed by atoms with Gasteiger partial charge >= 0.3 is 5.97 Å². The average Bonchev–Trinajstić information content (AvgIpc) is 2.64. The summed E-state index contributed by atoms with van der Waals surface area (Å²) < 4.78 is 6.55. The maximum absolute atomic E-state index is 11.7. The molecule has 1 aromatic heterocycles. The fraction of sp³-hybridized carbons (Fsp3) is 0.667. The van der Waals surface area contributed by atoms with Gasteiger partial charge in [-0.2, -0.15) is 0 Å².